The van der Waals surface area contributed by atoms with E-state index in [1.165, 1.54) is 25.2 Å². The summed E-state index contributed by atoms with van der Waals surface area (Å²) in [4.78, 5) is 2.38. The summed E-state index contributed by atoms with van der Waals surface area (Å²) >= 11 is 0. The Hall–Kier alpha value is -0.940. The number of rotatable bonds is 2. The van der Waals surface area contributed by atoms with Crippen LogP contribution >= 0.6 is 0 Å². The van der Waals surface area contributed by atoms with Crippen molar-refractivity contribution < 1.29 is 5.11 Å². The van der Waals surface area contributed by atoms with E-state index in [1.807, 2.05) is 0 Å². The Bertz CT molecular complexity index is 417. The lowest BCUT2D eigenvalue weighted by molar-refractivity contribution is 0.195. The average molecular weight is 250 g/mol. The van der Waals surface area contributed by atoms with Gasteiger partial charge in [-0.25, -0.2) is 0 Å². The van der Waals surface area contributed by atoms with Gasteiger partial charge in [0.15, 0.2) is 0 Å². The van der Waals surface area contributed by atoms with Crippen LogP contribution in [-0.2, 0) is 13.0 Å². The first-order valence-electron chi connectivity index (χ1n) is 6.99. The van der Waals surface area contributed by atoms with Crippen molar-refractivity contribution >= 4 is 0 Å². The minimum absolute atomic E-state index is 0.272. The molecule has 0 bridgehead atoms. The maximum atomic E-state index is 9.24. The quantitative estimate of drug-likeness (QED) is 0.837. The maximum absolute atomic E-state index is 9.24. The van der Waals surface area contributed by atoms with Crippen molar-refractivity contribution in [2.75, 3.05) is 26.7 Å². The Morgan fingerprint density at radius 1 is 1.28 bits per heavy atom. The Morgan fingerprint density at radius 2 is 2.17 bits per heavy atom. The van der Waals surface area contributed by atoms with Crippen LogP contribution in [0.4, 0.5) is 0 Å². The third-order valence-electron chi connectivity index (χ3n) is 4.34. The van der Waals surface area contributed by atoms with Crippen LogP contribution in [0.1, 0.15) is 36.8 Å². The molecule has 2 atom stereocenters. The van der Waals surface area contributed by atoms with Crippen molar-refractivity contribution in [1.82, 2.24) is 19.7 Å². The summed E-state index contributed by atoms with van der Waals surface area (Å²) in [5, 5.41) is 18.0. The van der Waals surface area contributed by atoms with Gasteiger partial charge >= 0.3 is 0 Å². The molecule has 1 saturated heterocycles. The number of fused-ring (bicyclic) bond motifs is 1. The number of aliphatic hydroxyl groups is 1. The van der Waals surface area contributed by atoms with E-state index in [0.29, 0.717) is 11.8 Å². The highest BCUT2D eigenvalue weighted by Crippen LogP contribution is 2.28. The smallest absolute Gasteiger partial charge is 0.137 e. The molecular formula is C13H22N4O. The Balaban J connectivity index is 1.80. The lowest BCUT2D eigenvalue weighted by Crippen LogP contribution is -2.33. The second-order valence-corrected chi connectivity index (χ2v) is 5.77. The Kier molecular flexibility index (Phi) is 3.35. The minimum atomic E-state index is 0.272. The van der Waals surface area contributed by atoms with Crippen molar-refractivity contribution in [2.24, 2.45) is 5.92 Å². The largest absolute Gasteiger partial charge is 0.396 e. The van der Waals surface area contributed by atoms with Gasteiger partial charge in [0.2, 0.25) is 0 Å². The molecule has 1 N–H and O–H groups in total. The predicted octanol–water partition coefficient (Wildman–Crippen LogP) is 0.642. The van der Waals surface area contributed by atoms with Gasteiger partial charge in [0.1, 0.15) is 11.6 Å². The van der Waals surface area contributed by atoms with Crippen molar-refractivity contribution in [1.29, 1.82) is 0 Å². The van der Waals surface area contributed by atoms with E-state index < -0.39 is 0 Å². The zero-order valence-corrected chi connectivity index (χ0v) is 11.0. The molecule has 2 aliphatic heterocycles. The summed E-state index contributed by atoms with van der Waals surface area (Å²) in [5.41, 5.74) is 0. The van der Waals surface area contributed by atoms with Crippen molar-refractivity contribution in [3.05, 3.63) is 11.6 Å². The molecule has 1 fully saturated rings. The van der Waals surface area contributed by atoms with Gasteiger partial charge in [-0.2, -0.15) is 0 Å². The predicted molar refractivity (Wildman–Crippen MR) is 68.4 cm³/mol. The Labute approximate surface area is 108 Å². The molecule has 0 amide bonds. The standard InChI is InChI=1S/C13H22N4O/c1-16-5-2-3-11(8-16)13-15-14-12-7-10(9-18)4-6-17(12)13/h10-11,18H,2-9H2,1H3. The molecule has 0 radical (unpaired) electrons. The van der Waals surface area contributed by atoms with Gasteiger partial charge in [-0.3, -0.25) is 0 Å². The number of hydrogen-bond donors (Lipinski definition) is 1. The number of aliphatic hydroxyl groups excluding tert-OH is 1. The summed E-state index contributed by atoms with van der Waals surface area (Å²) in [6, 6.07) is 0. The van der Waals surface area contributed by atoms with E-state index >= 15 is 0 Å². The molecule has 1 aromatic heterocycles. The molecule has 0 aromatic carbocycles. The molecule has 5 heteroatoms. The van der Waals surface area contributed by atoms with E-state index in [4.69, 9.17) is 0 Å². The van der Waals surface area contributed by atoms with Crippen LogP contribution in [0.5, 0.6) is 0 Å². The van der Waals surface area contributed by atoms with Gasteiger partial charge < -0.3 is 14.6 Å². The fraction of sp³-hybridized carbons (Fsp3) is 0.846. The fourth-order valence-electron chi connectivity index (χ4n) is 3.25. The highest BCUT2D eigenvalue weighted by atomic mass is 16.3. The van der Waals surface area contributed by atoms with E-state index in [0.717, 1.165) is 31.8 Å². The summed E-state index contributed by atoms with van der Waals surface area (Å²) in [6.45, 7) is 3.54. The normalized spacial score (nSPS) is 29.2. The molecule has 100 valence electrons. The van der Waals surface area contributed by atoms with Crippen LogP contribution in [0.15, 0.2) is 0 Å². The number of likely N-dealkylation sites (N-methyl/N-ethyl adjacent to an activating group) is 1. The minimum Gasteiger partial charge on any atom is -0.396 e. The molecular weight excluding hydrogens is 228 g/mol. The zero-order chi connectivity index (χ0) is 12.5. The fourth-order valence-corrected chi connectivity index (χ4v) is 3.25. The van der Waals surface area contributed by atoms with Gasteiger partial charge in [0.25, 0.3) is 0 Å². The van der Waals surface area contributed by atoms with E-state index in [9.17, 15) is 5.11 Å². The Morgan fingerprint density at radius 3 is 2.94 bits per heavy atom. The molecule has 3 rings (SSSR count). The van der Waals surface area contributed by atoms with Gasteiger partial charge in [-0.1, -0.05) is 0 Å². The van der Waals surface area contributed by atoms with Gasteiger partial charge in [0, 0.05) is 32.0 Å². The van der Waals surface area contributed by atoms with Gasteiger partial charge in [-0.05, 0) is 38.8 Å². The van der Waals surface area contributed by atoms with E-state index in [1.54, 1.807) is 0 Å². The second kappa shape index (κ2) is 4.97. The average Bonchev–Trinajstić information content (AvgIpc) is 2.81. The van der Waals surface area contributed by atoms with Crippen molar-refractivity contribution in [3.8, 4) is 0 Å². The first kappa shape index (κ1) is 12.1. The molecule has 5 nitrogen and oxygen atoms in total. The zero-order valence-electron chi connectivity index (χ0n) is 11.0. The van der Waals surface area contributed by atoms with Crippen LogP contribution in [0.3, 0.4) is 0 Å². The van der Waals surface area contributed by atoms with Crippen LogP contribution in [0, 0.1) is 5.92 Å². The van der Waals surface area contributed by atoms with E-state index in [-0.39, 0.29) is 6.61 Å². The van der Waals surface area contributed by atoms with Gasteiger partial charge in [0.05, 0.1) is 0 Å². The SMILES string of the molecule is CN1CCCC(c2nnc3n2CCC(CO)C3)C1. The maximum Gasteiger partial charge on any atom is 0.137 e. The first-order chi connectivity index (χ1) is 8.78. The lowest BCUT2D eigenvalue weighted by atomic mass is 9.95. The third kappa shape index (κ3) is 2.17. The molecule has 0 aliphatic carbocycles. The molecule has 2 aliphatic rings. The molecule has 2 unspecified atom stereocenters. The van der Waals surface area contributed by atoms with Crippen LogP contribution in [0.2, 0.25) is 0 Å². The molecule has 0 spiro atoms. The summed E-state index contributed by atoms with van der Waals surface area (Å²) in [5.74, 6) is 3.16. The molecule has 1 aromatic rings. The van der Waals surface area contributed by atoms with Crippen LogP contribution in [-0.4, -0.2) is 51.5 Å². The van der Waals surface area contributed by atoms with E-state index in [2.05, 4.69) is 26.7 Å². The van der Waals surface area contributed by atoms with Gasteiger partial charge in [-0.15, -0.1) is 10.2 Å². The summed E-state index contributed by atoms with van der Waals surface area (Å²) in [7, 11) is 2.18. The van der Waals surface area contributed by atoms with Crippen LogP contribution in [0.25, 0.3) is 0 Å². The number of piperidine rings is 1. The summed E-state index contributed by atoms with van der Waals surface area (Å²) in [6.07, 6.45) is 4.41. The monoisotopic (exact) mass is 250 g/mol. The number of hydrogen-bond acceptors (Lipinski definition) is 4. The van der Waals surface area contributed by atoms with Crippen LogP contribution < -0.4 is 0 Å². The summed E-state index contributed by atoms with van der Waals surface area (Å²) < 4.78 is 2.30. The van der Waals surface area contributed by atoms with Crippen molar-refractivity contribution in [3.63, 3.8) is 0 Å². The molecule has 18 heavy (non-hydrogen) atoms. The third-order valence-corrected chi connectivity index (χ3v) is 4.34. The highest BCUT2D eigenvalue weighted by Gasteiger charge is 2.28. The number of aromatic nitrogens is 3. The highest BCUT2D eigenvalue weighted by molar-refractivity contribution is 5.07. The first-order valence-corrected chi connectivity index (χ1v) is 6.99. The van der Waals surface area contributed by atoms with Crippen molar-refractivity contribution in [2.45, 2.75) is 38.1 Å². The molecule has 0 saturated carbocycles. The number of nitrogens with zero attached hydrogens (tertiary/aromatic N) is 4. The lowest BCUT2D eigenvalue weighted by Gasteiger charge is -2.30. The molecule has 3 heterocycles. The number of likely N-dealkylation sites (tertiary alicyclic amines) is 1. The second-order valence-electron chi connectivity index (χ2n) is 5.77. The topological polar surface area (TPSA) is 54.2 Å².